The summed E-state index contributed by atoms with van der Waals surface area (Å²) in [5.74, 6) is 0.274. The minimum absolute atomic E-state index is 0.264. The van der Waals surface area contributed by atoms with Gasteiger partial charge in [0, 0.05) is 19.6 Å². The van der Waals surface area contributed by atoms with Crippen LogP contribution in [-0.4, -0.2) is 47.6 Å². The monoisotopic (exact) mass is 253 g/mol. The van der Waals surface area contributed by atoms with E-state index in [1.54, 1.807) is 7.05 Å². The smallest absolute Gasteiger partial charge is 0.224 e. The highest BCUT2D eigenvalue weighted by molar-refractivity contribution is 5.40. The summed E-state index contributed by atoms with van der Waals surface area (Å²) in [7, 11) is 1.71. The fourth-order valence-corrected chi connectivity index (χ4v) is 2.17. The first-order valence-electron chi connectivity index (χ1n) is 6.39. The lowest BCUT2D eigenvalue weighted by Gasteiger charge is -2.24. The number of likely N-dealkylation sites (tertiary alicyclic amines) is 1. The Morgan fingerprint density at radius 1 is 1.44 bits per heavy atom. The average Bonchev–Trinajstić information content (AvgIpc) is 2.91. The van der Waals surface area contributed by atoms with Crippen molar-refractivity contribution in [3.05, 3.63) is 12.0 Å². The maximum atomic E-state index is 13.5. The largest absolute Gasteiger partial charge is 0.366 e. The van der Waals surface area contributed by atoms with Crippen molar-refractivity contribution in [2.45, 2.75) is 25.8 Å². The SMILES string of the molecule is CNc1ncc(F)c(NCC(C)N2CCCC2)n1. The number of nitrogens with zero attached hydrogens (tertiary/aromatic N) is 3. The summed E-state index contributed by atoms with van der Waals surface area (Å²) < 4.78 is 13.5. The molecule has 1 aromatic rings. The molecule has 0 radical (unpaired) electrons. The minimum atomic E-state index is -0.414. The summed E-state index contributed by atoms with van der Waals surface area (Å²) in [6, 6.07) is 0.389. The predicted molar refractivity (Wildman–Crippen MR) is 70.3 cm³/mol. The third kappa shape index (κ3) is 3.07. The Morgan fingerprint density at radius 3 is 2.83 bits per heavy atom. The van der Waals surface area contributed by atoms with Crippen molar-refractivity contribution in [3.63, 3.8) is 0 Å². The zero-order valence-corrected chi connectivity index (χ0v) is 10.9. The first-order valence-corrected chi connectivity index (χ1v) is 6.39. The summed E-state index contributed by atoms with van der Waals surface area (Å²) in [5.41, 5.74) is 0. The number of rotatable bonds is 5. The summed E-state index contributed by atoms with van der Waals surface area (Å²) in [4.78, 5) is 10.3. The lowest BCUT2D eigenvalue weighted by molar-refractivity contribution is 0.269. The fraction of sp³-hybridized carbons (Fsp3) is 0.667. The topological polar surface area (TPSA) is 53.1 Å². The van der Waals surface area contributed by atoms with Crippen LogP contribution in [0.3, 0.4) is 0 Å². The summed E-state index contributed by atoms with van der Waals surface area (Å²) >= 11 is 0. The molecule has 1 aliphatic rings. The van der Waals surface area contributed by atoms with Gasteiger partial charge in [0.1, 0.15) is 0 Å². The Morgan fingerprint density at radius 2 is 2.17 bits per heavy atom. The Kier molecular flexibility index (Phi) is 4.30. The molecule has 1 atom stereocenters. The quantitative estimate of drug-likeness (QED) is 0.834. The Bertz CT molecular complexity index is 392. The molecule has 2 heterocycles. The Hall–Kier alpha value is -1.43. The molecule has 0 aromatic carbocycles. The van der Waals surface area contributed by atoms with E-state index < -0.39 is 5.82 Å². The van der Waals surface area contributed by atoms with Crippen LogP contribution in [0.4, 0.5) is 16.2 Å². The van der Waals surface area contributed by atoms with E-state index >= 15 is 0 Å². The number of aromatic nitrogens is 2. The molecule has 100 valence electrons. The molecule has 1 saturated heterocycles. The second-order valence-electron chi connectivity index (χ2n) is 4.61. The highest BCUT2D eigenvalue weighted by Crippen LogP contribution is 2.14. The third-order valence-electron chi connectivity index (χ3n) is 3.30. The molecule has 0 amide bonds. The van der Waals surface area contributed by atoms with Crippen molar-refractivity contribution in [3.8, 4) is 0 Å². The van der Waals surface area contributed by atoms with Gasteiger partial charge in [-0.1, -0.05) is 0 Å². The zero-order chi connectivity index (χ0) is 13.0. The van der Waals surface area contributed by atoms with E-state index in [1.165, 1.54) is 19.0 Å². The normalized spacial score (nSPS) is 17.7. The van der Waals surface area contributed by atoms with Crippen LogP contribution in [0.1, 0.15) is 19.8 Å². The van der Waals surface area contributed by atoms with Gasteiger partial charge in [-0.2, -0.15) is 4.98 Å². The lowest BCUT2D eigenvalue weighted by atomic mass is 10.3. The van der Waals surface area contributed by atoms with Gasteiger partial charge < -0.3 is 10.6 Å². The van der Waals surface area contributed by atoms with E-state index in [-0.39, 0.29) is 5.82 Å². The molecule has 0 bridgehead atoms. The van der Waals surface area contributed by atoms with Gasteiger partial charge in [-0.05, 0) is 32.9 Å². The van der Waals surface area contributed by atoms with Crippen LogP contribution < -0.4 is 10.6 Å². The Labute approximate surface area is 107 Å². The van der Waals surface area contributed by atoms with E-state index in [0.29, 0.717) is 18.5 Å². The second kappa shape index (κ2) is 5.95. The standard InChI is InChI=1S/C12H20FN5/c1-9(18-5-3-4-6-18)7-15-11-10(13)8-16-12(14-2)17-11/h8-9H,3-7H2,1-2H3,(H2,14,15,16,17). The molecule has 5 nitrogen and oxygen atoms in total. The van der Waals surface area contributed by atoms with E-state index in [4.69, 9.17) is 0 Å². The van der Waals surface area contributed by atoms with Crippen molar-refractivity contribution in [1.82, 2.24) is 14.9 Å². The molecule has 1 fully saturated rings. The molecule has 2 N–H and O–H groups in total. The van der Waals surface area contributed by atoms with E-state index in [9.17, 15) is 4.39 Å². The molecule has 18 heavy (non-hydrogen) atoms. The van der Waals surface area contributed by atoms with Crippen LogP contribution in [0.15, 0.2) is 6.20 Å². The van der Waals surface area contributed by atoms with E-state index in [1.807, 2.05) is 0 Å². The van der Waals surface area contributed by atoms with Crippen LogP contribution in [0.2, 0.25) is 0 Å². The molecule has 1 aliphatic heterocycles. The number of hydrogen-bond acceptors (Lipinski definition) is 5. The summed E-state index contributed by atoms with van der Waals surface area (Å²) in [5, 5.41) is 5.85. The Balaban J connectivity index is 1.92. The van der Waals surface area contributed by atoms with Crippen LogP contribution in [0.5, 0.6) is 0 Å². The number of anilines is 2. The predicted octanol–water partition coefficient (Wildman–Crippen LogP) is 1.55. The lowest BCUT2D eigenvalue weighted by Crippen LogP contribution is -2.35. The first kappa shape index (κ1) is 13.0. The summed E-state index contributed by atoms with van der Waals surface area (Å²) in [6.45, 7) is 5.11. The van der Waals surface area contributed by atoms with Crippen LogP contribution in [-0.2, 0) is 0 Å². The van der Waals surface area contributed by atoms with Gasteiger partial charge in [-0.3, -0.25) is 4.90 Å². The third-order valence-corrected chi connectivity index (χ3v) is 3.30. The van der Waals surface area contributed by atoms with Crippen molar-refractivity contribution < 1.29 is 4.39 Å². The number of nitrogens with one attached hydrogen (secondary N) is 2. The molecular formula is C12H20FN5. The summed E-state index contributed by atoms with van der Waals surface area (Å²) in [6.07, 6.45) is 3.70. The molecule has 6 heteroatoms. The molecule has 0 saturated carbocycles. The van der Waals surface area contributed by atoms with Crippen molar-refractivity contribution in [2.75, 3.05) is 37.3 Å². The van der Waals surface area contributed by atoms with Gasteiger partial charge in [-0.15, -0.1) is 0 Å². The molecule has 0 spiro atoms. The van der Waals surface area contributed by atoms with Gasteiger partial charge in [0.25, 0.3) is 0 Å². The fourth-order valence-electron chi connectivity index (χ4n) is 2.17. The maximum absolute atomic E-state index is 13.5. The van der Waals surface area contributed by atoms with Gasteiger partial charge in [-0.25, -0.2) is 9.37 Å². The minimum Gasteiger partial charge on any atom is -0.366 e. The number of halogens is 1. The van der Waals surface area contributed by atoms with Gasteiger partial charge in [0.15, 0.2) is 11.6 Å². The van der Waals surface area contributed by atoms with Crippen LogP contribution in [0.25, 0.3) is 0 Å². The van der Waals surface area contributed by atoms with Gasteiger partial charge in [0.2, 0.25) is 5.95 Å². The highest BCUT2D eigenvalue weighted by Gasteiger charge is 2.18. The maximum Gasteiger partial charge on any atom is 0.224 e. The van der Waals surface area contributed by atoms with Gasteiger partial charge in [0.05, 0.1) is 6.20 Å². The molecule has 1 unspecified atom stereocenters. The van der Waals surface area contributed by atoms with Crippen molar-refractivity contribution in [2.24, 2.45) is 0 Å². The van der Waals surface area contributed by atoms with E-state index in [2.05, 4.69) is 32.4 Å². The van der Waals surface area contributed by atoms with Gasteiger partial charge >= 0.3 is 0 Å². The highest BCUT2D eigenvalue weighted by atomic mass is 19.1. The van der Waals surface area contributed by atoms with Crippen molar-refractivity contribution in [1.29, 1.82) is 0 Å². The molecule has 0 aliphatic carbocycles. The van der Waals surface area contributed by atoms with Crippen LogP contribution >= 0.6 is 0 Å². The van der Waals surface area contributed by atoms with E-state index in [0.717, 1.165) is 13.1 Å². The average molecular weight is 253 g/mol. The molecule has 2 rings (SSSR count). The van der Waals surface area contributed by atoms with Crippen LogP contribution in [0, 0.1) is 5.82 Å². The van der Waals surface area contributed by atoms with Crippen molar-refractivity contribution >= 4 is 11.8 Å². The zero-order valence-electron chi connectivity index (χ0n) is 10.9. The second-order valence-corrected chi connectivity index (χ2v) is 4.61. The number of hydrogen-bond donors (Lipinski definition) is 2. The molecule has 1 aromatic heterocycles. The molecular weight excluding hydrogens is 233 g/mol. The first-order chi connectivity index (χ1) is 8.70.